The van der Waals surface area contributed by atoms with Gasteiger partial charge in [0.05, 0.1) is 34.4 Å². The van der Waals surface area contributed by atoms with Gasteiger partial charge in [-0.25, -0.2) is 0 Å². The van der Waals surface area contributed by atoms with Gasteiger partial charge in [-0.3, -0.25) is 4.99 Å². The molecular formula is C15H12BrCl2NO2. The van der Waals surface area contributed by atoms with Gasteiger partial charge in [0.25, 0.3) is 0 Å². The van der Waals surface area contributed by atoms with Crippen LogP contribution in [0.3, 0.4) is 0 Å². The summed E-state index contributed by atoms with van der Waals surface area (Å²) >= 11 is 15.3. The molecule has 0 N–H and O–H groups in total. The molecule has 2 aromatic carbocycles. The van der Waals surface area contributed by atoms with Crippen LogP contribution in [0.2, 0.25) is 10.0 Å². The molecule has 0 amide bonds. The van der Waals surface area contributed by atoms with Crippen LogP contribution in [0.4, 0.5) is 5.69 Å². The number of nitrogens with zero attached hydrogens (tertiary/aromatic N) is 1. The molecule has 3 nitrogen and oxygen atoms in total. The summed E-state index contributed by atoms with van der Waals surface area (Å²) in [6.07, 6.45) is 1.70. The van der Waals surface area contributed by atoms with E-state index in [1.807, 2.05) is 6.07 Å². The van der Waals surface area contributed by atoms with Gasteiger partial charge >= 0.3 is 0 Å². The van der Waals surface area contributed by atoms with E-state index in [-0.39, 0.29) is 0 Å². The lowest BCUT2D eigenvalue weighted by molar-refractivity contribution is 0.392. The maximum atomic E-state index is 5.96. The summed E-state index contributed by atoms with van der Waals surface area (Å²) in [5, 5.41) is 0.967. The van der Waals surface area contributed by atoms with E-state index in [0.717, 1.165) is 10.0 Å². The summed E-state index contributed by atoms with van der Waals surface area (Å²) in [6, 6.07) is 8.86. The van der Waals surface area contributed by atoms with Gasteiger partial charge in [-0.2, -0.15) is 0 Å². The number of rotatable bonds is 4. The van der Waals surface area contributed by atoms with Crippen LogP contribution in [0.5, 0.6) is 11.5 Å². The molecule has 0 saturated carbocycles. The summed E-state index contributed by atoms with van der Waals surface area (Å²) < 4.78 is 11.4. The van der Waals surface area contributed by atoms with Crippen LogP contribution in [-0.4, -0.2) is 20.4 Å². The molecule has 110 valence electrons. The number of ether oxygens (including phenoxy) is 2. The van der Waals surface area contributed by atoms with Gasteiger partial charge in [-0.1, -0.05) is 23.2 Å². The van der Waals surface area contributed by atoms with Crippen molar-refractivity contribution in [2.75, 3.05) is 14.2 Å². The lowest BCUT2D eigenvalue weighted by Gasteiger charge is -2.09. The standard InChI is InChI=1S/C15H12BrCl2NO2/c1-20-14-7-15(21-2)11(16)5-9(14)8-19-10-3-4-12(17)13(18)6-10/h3-8H,1-2H3. The van der Waals surface area contributed by atoms with Crippen molar-refractivity contribution in [2.24, 2.45) is 4.99 Å². The quantitative estimate of drug-likeness (QED) is 0.645. The van der Waals surface area contributed by atoms with Crippen LogP contribution in [0.15, 0.2) is 39.8 Å². The molecule has 0 radical (unpaired) electrons. The highest BCUT2D eigenvalue weighted by Gasteiger charge is 2.08. The normalized spacial score (nSPS) is 10.9. The lowest BCUT2D eigenvalue weighted by atomic mass is 10.2. The van der Waals surface area contributed by atoms with Crippen LogP contribution >= 0.6 is 39.1 Å². The Labute approximate surface area is 141 Å². The molecule has 21 heavy (non-hydrogen) atoms. The smallest absolute Gasteiger partial charge is 0.136 e. The van der Waals surface area contributed by atoms with Crippen LogP contribution in [0, 0.1) is 0 Å². The number of hydrogen-bond donors (Lipinski definition) is 0. The highest BCUT2D eigenvalue weighted by Crippen LogP contribution is 2.32. The molecule has 2 rings (SSSR count). The summed E-state index contributed by atoms with van der Waals surface area (Å²) in [7, 11) is 3.20. The van der Waals surface area contributed by atoms with Crippen molar-refractivity contribution in [3.05, 3.63) is 50.4 Å². The van der Waals surface area contributed by atoms with E-state index in [4.69, 9.17) is 32.7 Å². The molecule has 2 aromatic rings. The number of hydrogen-bond acceptors (Lipinski definition) is 3. The van der Waals surface area contributed by atoms with E-state index in [1.54, 1.807) is 44.7 Å². The van der Waals surface area contributed by atoms with Crippen LogP contribution < -0.4 is 9.47 Å². The molecule has 0 aliphatic heterocycles. The first-order valence-corrected chi connectivity index (χ1v) is 7.50. The second kappa shape index (κ2) is 7.16. The predicted octanol–water partition coefficient (Wildman–Crippen LogP) is 5.52. The molecule has 0 unspecified atom stereocenters. The van der Waals surface area contributed by atoms with Crippen LogP contribution in [-0.2, 0) is 0 Å². The Morgan fingerprint density at radius 3 is 2.33 bits per heavy atom. The second-order valence-corrected chi connectivity index (χ2v) is 5.75. The Kier molecular flexibility index (Phi) is 5.51. The van der Waals surface area contributed by atoms with E-state index >= 15 is 0 Å². The topological polar surface area (TPSA) is 30.8 Å². The first-order chi connectivity index (χ1) is 10.0. The van der Waals surface area contributed by atoms with Gasteiger partial charge < -0.3 is 9.47 Å². The van der Waals surface area contributed by atoms with Crippen molar-refractivity contribution in [3.63, 3.8) is 0 Å². The first-order valence-electron chi connectivity index (χ1n) is 5.95. The zero-order valence-corrected chi connectivity index (χ0v) is 14.5. The van der Waals surface area contributed by atoms with Gasteiger partial charge in [0.1, 0.15) is 11.5 Å². The van der Waals surface area contributed by atoms with E-state index < -0.39 is 0 Å². The van der Waals surface area contributed by atoms with Crippen molar-refractivity contribution in [3.8, 4) is 11.5 Å². The van der Waals surface area contributed by atoms with E-state index in [0.29, 0.717) is 27.2 Å². The largest absolute Gasteiger partial charge is 0.496 e. The number of methoxy groups -OCH3 is 2. The molecule has 0 spiro atoms. The molecule has 0 atom stereocenters. The Hall–Kier alpha value is -1.23. The lowest BCUT2D eigenvalue weighted by Crippen LogP contribution is -1.93. The zero-order chi connectivity index (χ0) is 15.4. The fourth-order valence-corrected chi connectivity index (χ4v) is 2.51. The van der Waals surface area contributed by atoms with E-state index in [1.165, 1.54) is 0 Å². The van der Waals surface area contributed by atoms with Gasteiger partial charge in [-0.05, 0) is 40.2 Å². The van der Waals surface area contributed by atoms with Crippen molar-refractivity contribution in [2.45, 2.75) is 0 Å². The predicted molar refractivity (Wildman–Crippen MR) is 91.0 cm³/mol. The average Bonchev–Trinajstić information content (AvgIpc) is 2.48. The molecular weight excluding hydrogens is 377 g/mol. The third-order valence-electron chi connectivity index (χ3n) is 2.76. The van der Waals surface area contributed by atoms with Crippen LogP contribution in [0.25, 0.3) is 0 Å². The maximum absolute atomic E-state index is 5.96. The Morgan fingerprint density at radius 2 is 1.71 bits per heavy atom. The monoisotopic (exact) mass is 387 g/mol. The summed E-state index contributed by atoms with van der Waals surface area (Å²) in [6.45, 7) is 0. The Balaban J connectivity index is 2.35. The molecule has 0 aliphatic carbocycles. The third-order valence-corrected chi connectivity index (χ3v) is 4.12. The summed E-state index contributed by atoms with van der Waals surface area (Å²) in [5.74, 6) is 1.36. The van der Waals surface area contributed by atoms with Gasteiger partial charge in [0.2, 0.25) is 0 Å². The van der Waals surface area contributed by atoms with Crippen molar-refractivity contribution >= 4 is 51.0 Å². The first kappa shape index (κ1) is 16.1. The van der Waals surface area contributed by atoms with Gasteiger partial charge in [0.15, 0.2) is 0 Å². The molecule has 0 heterocycles. The molecule has 6 heteroatoms. The molecule has 0 bridgehead atoms. The van der Waals surface area contributed by atoms with E-state index in [2.05, 4.69) is 20.9 Å². The van der Waals surface area contributed by atoms with Crippen LogP contribution in [0.1, 0.15) is 5.56 Å². The second-order valence-electron chi connectivity index (χ2n) is 4.09. The van der Waals surface area contributed by atoms with Crippen molar-refractivity contribution in [1.29, 1.82) is 0 Å². The van der Waals surface area contributed by atoms with Gasteiger partial charge in [-0.15, -0.1) is 0 Å². The minimum absolute atomic E-state index is 0.467. The molecule has 0 fully saturated rings. The fourth-order valence-electron chi connectivity index (χ4n) is 1.69. The summed E-state index contributed by atoms with van der Waals surface area (Å²) in [4.78, 5) is 4.37. The van der Waals surface area contributed by atoms with Crippen molar-refractivity contribution in [1.82, 2.24) is 0 Å². The third kappa shape index (κ3) is 3.90. The van der Waals surface area contributed by atoms with Crippen molar-refractivity contribution < 1.29 is 9.47 Å². The highest BCUT2D eigenvalue weighted by atomic mass is 79.9. The highest BCUT2D eigenvalue weighted by molar-refractivity contribution is 9.10. The maximum Gasteiger partial charge on any atom is 0.136 e. The Morgan fingerprint density at radius 1 is 1.00 bits per heavy atom. The molecule has 0 aliphatic rings. The minimum Gasteiger partial charge on any atom is -0.496 e. The molecule has 0 aromatic heterocycles. The van der Waals surface area contributed by atoms with Gasteiger partial charge in [0, 0.05) is 17.8 Å². The minimum atomic E-state index is 0.467. The number of aliphatic imine (C=N–C) groups is 1. The zero-order valence-electron chi connectivity index (χ0n) is 11.4. The average molecular weight is 389 g/mol. The number of halogens is 3. The fraction of sp³-hybridized carbons (Fsp3) is 0.133. The van der Waals surface area contributed by atoms with E-state index in [9.17, 15) is 0 Å². The number of benzene rings is 2. The summed E-state index contributed by atoms with van der Waals surface area (Å²) in [5.41, 5.74) is 1.52. The molecule has 0 saturated heterocycles. The SMILES string of the molecule is COc1cc(OC)c(C=Nc2ccc(Cl)c(Cl)c2)cc1Br. The Bertz CT molecular complexity index is 690.